The minimum Gasteiger partial charge on any atom is -0.313 e. The fraction of sp³-hybridized carbons (Fsp3) is 0.375. The highest BCUT2D eigenvalue weighted by molar-refractivity contribution is 6.31. The minimum absolute atomic E-state index is 0.0523. The van der Waals surface area contributed by atoms with E-state index in [1.165, 1.54) is 6.07 Å². The van der Waals surface area contributed by atoms with E-state index < -0.39 is 0 Å². The molecule has 0 amide bonds. The Morgan fingerprint density at radius 2 is 2.10 bits per heavy atom. The van der Waals surface area contributed by atoms with Crippen molar-refractivity contribution in [3.05, 3.63) is 57.6 Å². The molecule has 0 fully saturated rings. The zero-order valence-corrected chi connectivity index (χ0v) is 13.2. The average molecular weight is 308 g/mol. The van der Waals surface area contributed by atoms with Crippen LogP contribution < -0.4 is 5.32 Å². The van der Waals surface area contributed by atoms with E-state index in [-0.39, 0.29) is 11.9 Å². The lowest BCUT2D eigenvalue weighted by Gasteiger charge is -2.20. The molecule has 3 nitrogen and oxygen atoms in total. The summed E-state index contributed by atoms with van der Waals surface area (Å²) in [6, 6.07) is 6.71. The Labute approximate surface area is 129 Å². The lowest BCUT2D eigenvalue weighted by atomic mass is 9.96. The Bertz CT molecular complexity index is 611. The van der Waals surface area contributed by atoms with Crippen LogP contribution in [0.1, 0.15) is 35.5 Å². The van der Waals surface area contributed by atoms with Crippen LogP contribution in [0, 0.1) is 12.7 Å². The van der Waals surface area contributed by atoms with E-state index in [2.05, 4.69) is 15.5 Å². The van der Waals surface area contributed by atoms with Crippen molar-refractivity contribution in [2.45, 2.75) is 32.7 Å². The van der Waals surface area contributed by atoms with Gasteiger partial charge in [-0.05, 0) is 50.6 Å². The van der Waals surface area contributed by atoms with Crippen LogP contribution in [-0.2, 0) is 12.8 Å². The first-order valence-corrected chi connectivity index (χ1v) is 7.37. The van der Waals surface area contributed by atoms with Gasteiger partial charge in [0, 0.05) is 16.6 Å². The van der Waals surface area contributed by atoms with Gasteiger partial charge in [0.25, 0.3) is 0 Å². The topological polar surface area (TPSA) is 37.8 Å². The largest absolute Gasteiger partial charge is 0.313 e. The zero-order valence-electron chi connectivity index (χ0n) is 12.5. The van der Waals surface area contributed by atoms with Crippen molar-refractivity contribution in [1.82, 2.24) is 15.5 Å². The van der Waals surface area contributed by atoms with Gasteiger partial charge >= 0.3 is 0 Å². The molecule has 0 bridgehead atoms. The van der Waals surface area contributed by atoms with Gasteiger partial charge in [-0.2, -0.15) is 10.2 Å². The van der Waals surface area contributed by atoms with Gasteiger partial charge in [0.05, 0.1) is 11.4 Å². The van der Waals surface area contributed by atoms with E-state index in [9.17, 15) is 4.39 Å². The third-order valence-corrected chi connectivity index (χ3v) is 3.91. The molecule has 112 valence electrons. The van der Waals surface area contributed by atoms with E-state index in [1.54, 1.807) is 12.1 Å². The quantitative estimate of drug-likeness (QED) is 0.916. The molecule has 5 heteroatoms. The highest BCUT2D eigenvalue weighted by Crippen LogP contribution is 2.27. The van der Waals surface area contributed by atoms with Gasteiger partial charge < -0.3 is 5.32 Å². The fourth-order valence-electron chi connectivity index (χ4n) is 2.41. The number of benzene rings is 1. The van der Waals surface area contributed by atoms with Crippen LogP contribution in [0.4, 0.5) is 4.39 Å². The molecule has 0 aliphatic heterocycles. The van der Waals surface area contributed by atoms with Crippen LogP contribution in [0.2, 0.25) is 5.02 Å². The molecular weight excluding hydrogens is 289 g/mol. The summed E-state index contributed by atoms with van der Waals surface area (Å²) in [5.41, 5.74) is 3.34. The van der Waals surface area contributed by atoms with Crippen LogP contribution in [-0.4, -0.2) is 17.2 Å². The predicted octanol–water partition coefficient (Wildman–Crippen LogP) is 3.64. The van der Waals surface area contributed by atoms with Crippen molar-refractivity contribution < 1.29 is 4.39 Å². The standard InChI is InChI=1S/C16H19ClFN3/c1-4-15-12(8-10(2)20-21-15)16(19-3)9-11-13(17)6-5-7-14(11)18/h5-8,16,19H,4,9H2,1-3H3. The molecule has 2 rings (SSSR count). The summed E-state index contributed by atoms with van der Waals surface area (Å²) in [5.74, 6) is -0.278. The number of hydrogen-bond donors (Lipinski definition) is 1. The number of halogens is 2. The molecule has 21 heavy (non-hydrogen) atoms. The lowest BCUT2D eigenvalue weighted by Crippen LogP contribution is -2.22. The van der Waals surface area contributed by atoms with Gasteiger partial charge in [-0.15, -0.1) is 0 Å². The monoisotopic (exact) mass is 307 g/mol. The highest BCUT2D eigenvalue weighted by atomic mass is 35.5. The Morgan fingerprint density at radius 3 is 2.71 bits per heavy atom. The number of nitrogens with zero attached hydrogens (tertiary/aromatic N) is 2. The highest BCUT2D eigenvalue weighted by Gasteiger charge is 2.19. The lowest BCUT2D eigenvalue weighted by molar-refractivity contribution is 0.547. The Balaban J connectivity index is 2.39. The molecular formula is C16H19ClFN3. The summed E-state index contributed by atoms with van der Waals surface area (Å²) in [7, 11) is 1.86. The van der Waals surface area contributed by atoms with Crippen molar-refractivity contribution in [2.24, 2.45) is 0 Å². The molecule has 1 aromatic carbocycles. The van der Waals surface area contributed by atoms with E-state index in [0.29, 0.717) is 17.0 Å². The summed E-state index contributed by atoms with van der Waals surface area (Å²) < 4.78 is 14.0. The van der Waals surface area contributed by atoms with E-state index in [1.807, 2.05) is 27.0 Å². The first-order chi connectivity index (χ1) is 10.1. The molecule has 2 aromatic rings. The van der Waals surface area contributed by atoms with Gasteiger partial charge in [0.1, 0.15) is 5.82 Å². The van der Waals surface area contributed by atoms with Crippen LogP contribution in [0.5, 0.6) is 0 Å². The third-order valence-electron chi connectivity index (χ3n) is 3.55. The van der Waals surface area contributed by atoms with Crippen LogP contribution in [0.15, 0.2) is 24.3 Å². The molecule has 0 spiro atoms. The van der Waals surface area contributed by atoms with Crippen LogP contribution in [0.3, 0.4) is 0 Å². The maximum atomic E-state index is 14.0. The number of aryl methyl sites for hydroxylation is 2. The first-order valence-electron chi connectivity index (χ1n) is 7.00. The number of aromatic nitrogens is 2. The molecule has 0 aliphatic rings. The molecule has 1 N–H and O–H groups in total. The maximum Gasteiger partial charge on any atom is 0.127 e. The van der Waals surface area contributed by atoms with Crippen LogP contribution in [0.25, 0.3) is 0 Å². The number of hydrogen-bond acceptors (Lipinski definition) is 3. The van der Waals surface area contributed by atoms with Crippen molar-refractivity contribution in [2.75, 3.05) is 7.05 Å². The van der Waals surface area contributed by atoms with Gasteiger partial charge in [0.2, 0.25) is 0 Å². The minimum atomic E-state index is -0.278. The molecule has 1 unspecified atom stereocenters. The van der Waals surface area contributed by atoms with Gasteiger partial charge in [-0.25, -0.2) is 4.39 Å². The summed E-state index contributed by atoms with van der Waals surface area (Å²) in [6.45, 7) is 3.93. The second kappa shape index (κ2) is 6.96. The Morgan fingerprint density at radius 1 is 1.33 bits per heavy atom. The normalized spacial score (nSPS) is 12.4. The molecule has 1 aromatic heterocycles. The maximum absolute atomic E-state index is 14.0. The number of likely N-dealkylation sites (N-methyl/N-ethyl adjacent to an activating group) is 1. The molecule has 0 radical (unpaired) electrons. The summed E-state index contributed by atoms with van der Waals surface area (Å²) in [6.07, 6.45) is 1.26. The zero-order chi connectivity index (χ0) is 15.4. The fourth-order valence-corrected chi connectivity index (χ4v) is 2.65. The van der Waals surface area contributed by atoms with Gasteiger partial charge in [0.15, 0.2) is 0 Å². The second-order valence-corrected chi connectivity index (χ2v) is 5.39. The molecule has 1 atom stereocenters. The van der Waals surface area contributed by atoms with Crippen LogP contribution >= 0.6 is 11.6 Å². The smallest absolute Gasteiger partial charge is 0.127 e. The predicted molar refractivity (Wildman–Crippen MR) is 83.1 cm³/mol. The number of nitrogens with one attached hydrogen (secondary N) is 1. The summed E-state index contributed by atoms with van der Waals surface area (Å²) in [5, 5.41) is 12.0. The van der Waals surface area contributed by atoms with E-state index >= 15 is 0 Å². The van der Waals surface area contributed by atoms with Crippen molar-refractivity contribution in [3.8, 4) is 0 Å². The van der Waals surface area contributed by atoms with Gasteiger partial charge in [-0.1, -0.05) is 24.6 Å². The first kappa shape index (κ1) is 15.9. The second-order valence-electron chi connectivity index (χ2n) is 4.99. The molecule has 1 heterocycles. The van der Waals surface area contributed by atoms with Crippen molar-refractivity contribution >= 4 is 11.6 Å². The van der Waals surface area contributed by atoms with E-state index in [4.69, 9.17) is 11.6 Å². The summed E-state index contributed by atoms with van der Waals surface area (Å²) in [4.78, 5) is 0. The molecule has 0 saturated heterocycles. The van der Waals surface area contributed by atoms with Crippen molar-refractivity contribution in [1.29, 1.82) is 0 Å². The summed E-state index contributed by atoms with van der Waals surface area (Å²) >= 11 is 6.13. The van der Waals surface area contributed by atoms with Gasteiger partial charge in [-0.3, -0.25) is 0 Å². The molecule has 0 saturated carbocycles. The SMILES string of the molecule is CCc1nnc(C)cc1C(Cc1c(F)cccc1Cl)NC. The Kier molecular flexibility index (Phi) is 5.26. The third kappa shape index (κ3) is 3.57. The average Bonchev–Trinajstić information content (AvgIpc) is 2.47. The van der Waals surface area contributed by atoms with E-state index in [0.717, 1.165) is 23.4 Å². The van der Waals surface area contributed by atoms with Crippen molar-refractivity contribution in [3.63, 3.8) is 0 Å². The Hall–Kier alpha value is -1.52. The molecule has 0 aliphatic carbocycles. The number of rotatable bonds is 5.